The summed E-state index contributed by atoms with van der Waals surface area (Å²) in [5, 5.41) is 10.1. The van der Waals surface area contributed by atoms with Gasteiger partial charge in [0.15, 0.2) is 0 Å². The van der Waals surface area contributed by atoms with E-state index in [1.54, 1.807) is 12.1 Å². The van der Waals surface area contributed by atoms with Crippen LogP contribution in [0.25, 0.3) is 0 Å². The Balaban J connectivity index is 2.32. The van der Waals surface area contributed by atoms with E-state index < -0.39 is 10.0 Å². The largest absolute Gasteiger partial charge is 0.396 e. The lowest BCUT2D eigenvalue weighted by Crippen LogP contribution is -2.47. The van der Waals surface area contributed by atoms with E-state index in [-0.39, 0.29) is 16.9 Å². The molecule has 21 heavy (non-hydrogen) atoms. The van der Waals surface area contributed by atoms with Crippen LogP contribution in [-0.2, 0) is 10.0 Å². The molecule has 1 fully saturated rings. The Morgan fingerprint density at radius 3 is 2.71 bits per heavy atom. The Hall–Kier alpha value is -0.620. The molecule has 1 aromatic rings. The van der Waals surface area contributed by atoms with Gasteiger partial charge in [0.05, 0.1) is 4.90 Å². The number of nitrogens with zero attached hydrogens (tertiary/aromatic N) is 1. The topological polar surface area (TPSA) is 57.6 Å². The van der Waals surface area contributed by atoms with Crippen LogP contribution in [0.1, 0.15) is 31.7 Å². The first-order chi connectivity index (χ1) is 9.84. The van der Waals surface area contributed by atoms with Crippen molar-refractivity contribution in [2.45, 2.75) is 38.0 Å². The number of hydrogen-bond donors (Lipinski definition) is 1. The molecule has 1 unspecified atom stereocenters. The lowest BCUT2D eigenvalue weighted by Gasteiger charge is -2.40. The predicted molar refractivity (Wildman–Crippen MR) is 84.0 cm³/mol. The van der Waals surface area contributed by atoms with Crippen LogP contribution in [-0.4, -0.2) is 37.5 Å². The Morgan fingerprint density at radius 1 is 1.43 bits per heavy atom. The van der Waals surface area contributed by atoms with Crippen LogP contribution < -0.4 is 0 Å². The maximum Gasteiger partial charge on any atom is 0.243 e. The maximum atomic E-state index is 12.8. The molecule has 0 saturated carbocycles. The van der Waals surface area contributed by atoms with Gasteiger partial charge in [0, 0.05) is 30.1 Å². The highest BCUT2D eigenvalue weighted by molar-refractivity contribution is 7.89. The second-order valence-corrected chi connectivity index (χ2v) is 8.21. The molecular formula is C15H22ClNO3S. The zero-order valence-electron chi connectivity index (χ0n) is 12.5. The van der Waals surface area contributed by atoms with E-state index in [9.17, 15) is 13.5 Å². The van der Waals surface area contributed by atoms with Gasteiger partial charge in [0.1, 0.15) is 0 Å². The number of hydrogen-bond acceptors (Lipinski definition) is 3. The summed E-state index contributed by atoms with van der Waals surface area (Å²) in [6, 6.07) is 4.82. The minimum Gasteiger partial charge on any atom is -0.396 e. The third-order valence-electron chi connectivity index (χ3n) is 4.49. The minimum absolute atomic E-state index is 0.0180. The van der Waals surface area contributed by atoms with Crippen molar-refractivity contribution in [1.29, 1.82) is 0 Å². The van der Waals surface area contributed by atoms with Crippen molar-refractivity contribution in [1.82, 2.24) is 4.31 Å². The molecule has 4 nitrogen and oxygen atoms in total. The van der Waals surface area contributed by atoms with Crippen molar-refractivity contribution in [2.24, 2.45) is 5.41 Å². The van der Waals surface area contributed by atoms with Crippen LogP contribution in [0.4, 0.5) is 0 Å². The molecule has 1 aromatic carbocycles. The van der Waals surface area contributed by atoms with Crippen LogP contribution in [0, 0.1) is 12.3 Å². The Labute approximate surface area is 131 Å². The zero-order valence-corrected chi connectivity index (χ0v) is 14.0. The summed E-state index contributed by atoms with van der Waals surface area (Å²) in [6.45, 7) is 4.72. The first-order valence-corrected chi connectivity index (χ1v) is 9.04. The summed E-state index contributed by atoms with van der Waals surface area (Å²) < 4.78 is 27.0. The highest BCUT2D eigenvalue weighted by Crippen LogP contribution is 2.35. The molecule has 1 atom stereocenters. The van der Waals surface area contributed by atoms with Crippen molar-refractivity contribution in [3.8, 4) is 0 Å². The molecule has 1 heterocycles. The predicted octanol–water partition coefficient (Wildman–Crippen LogP) is 2.82. The van der Waals surface area contributed by atoms with Gasteiger partial charge in [-0.2, -0.15) is 4.31 Å². The third kappa shape index (κ3) is 3.26. The van der Waals surface area contributed by atoms with Crippen LogP contribution in [0.3, 0.4) is 0 Å². The molecule has 0 spiro atoms. The number of benzene rings is 1. The van der Waals surface area contributed by atoms with Gasteiger partial charge < -0.3 is 5.11 Å². The van der Waals surface area contributed by atoms with Crippen molar-refractivity contribution in [2.75, 3.05) is 19.7 Å². The molecule has 2 rings (SSSR count). The molecule has 1 saturated heterocycles. The highest BCUT2D eigenvalue weighted by Gasteiger charge is 2.38. The highest BCUT2D eigenvalue weighted by atomic mass is 35.5. The average Bonchev–Trinajstić information content (AvgIpc) is 2.49. The molecule has 0 bridgehead atoms. The molecule has 1 aliphatic rings. The average molecular weight is 332 g/mol. The fraction of sp³-hybridized carbons (Fsp3) is 0.600. The van der Waals surface area contributed by atoms with Crippen LogP contribution in [0.5, 0.6) is 0 Å². The van der Waals surface area contributed by atoms with Crippen molar-refractivity contribution in [3.63, 3.8) is 0 Å². The van der Waals surface area contributed by atoms with Gasteiger partial charge in [-0.1, -0.05) is 24.6 Å². The van der Waals surface area contributed by atoms with Crippen LogP contribution in [0.15, 0.2) is 23.1 Å². The molecule has 1 N–H and O–H groups in total. The molecule has 0 aromatic heterocycles. The SMILES string of the molecule is CCC1(CO)CCCN(S(=O)(=O)c2ccc(C)c(Cl)c2)C1. The fourth-order valence-electron chi connectivity index (χ4n) is 2.78. The van der Waals surface area contributed by atoms with E-state index >= 15 is 0 Å². The summed E-state index contributed by atoms with van der Waals surface area (Å²) in [5.74, 6) is 0. The summed E-state index contributed by atoms with van der Waals surface area (Å²) >= 11 is 6.05. The third-order valence-corrected chi connectivity index (χ3v) is 6.74. The number of aryl methyl sites for hydroxylation is 1. The van der Waals surface area contributed by atoms with Crippen molar-refractivity contribution < 1.29 is 13.5 Å². The van der Waals surface area contributed by atoms with Gasteiger partial charge in [-0.05, 0) is 43.9 Å². The van der Waals surface area contributed by atoms with Gasteiger partial charge in [-0.15, -0.1) is 0 Å². The quantitative estimate of drug-likeness (QED) is 0.923. The zero-order chi connectivity index (χ0) is 15.7. The molecule has 0 radical (unpaired) electrons. The van der Waals surface area contributed by atoms with E-state index in [0.29, 0.717) is 18.1 Å². The first kappa shape index (κ1) is 16.7. The fourth-order valence-corrected chi connectivity index (χ4v) is 4.64. The van der Waals surface area contributed by atoms with Crippen LogP contribution >= 0.6 is 11.6 Å². The van der Waals surface area contributed by atoms with Gasteiger partial charge in [0.25, 0.3) is 0 Å². The van der Waals surface area contributed by atoms with Crippen molar-refractivity contribution >= 4 is 21.6 Å². The lowest BCUT2D eigenvalue weighted by atomic mass is 9.79. The van der Waals surface area contributed by atoms with E-state index in [1.807, 2.05) is 13.8 Å². The number of rotatable bonds is 4. The Kier molecular flexibility index (Phi) is 4.98. The van der Waals surface area contributed by atoms with Gasteiger partial charge >= 0.3 is 0 Å². The number of piperidine rings is 1. The van der Waals surface area contributed by atoms with Gasteiger partial charge in [-0.25, -0.2) is 8.42 Å². The monoisotopic (exact) mass is 331 g/mol. The Bertz CT molecular complexity index is 611. The molecule has 1 aliphatic heterocycles. The number of sulfonamides is 1. The standard InChI is InChI=1S/C15H22ClNO3S/c1-3-15(11-18)7-4-8-17(10-15)21(19,20)13-6-5-12(2)14(16)9-13/h5-6,9,18H,3-4,7-8,10-11H2,1-2H3. The van der Waals surface area contributed by atoms with E-state index in [2.05, 4.69) is 0 Å². The normalized spacial score (nSPS) is 24.2. The number of aliphatic hydroxyl groups is 1. The molecule has 118 valence electrons. The van der Waals surface area contributed by atoms with Crippen LogP contribution in [0.2, 0.25) is 5.02 Å². The summed E-state index contributed by atoms with van der Waals surface area (Å²) in [6.07, 6.45) is 2.40. The summed E-state index contributed by atoms with van der Waals surface area (Å²) in [7, 11) is -3.55. The van der Waals surface area contributed by atoms with Gasteiger partial charge in [0.2, 0.25) is 10.0 Å². The number of aliphatic hydroxyl groups excluding tert-OH is 1. The maximum absolute atomic E-state index is 12.8. The van der Waals surface area contributed by atoms with E-state index in [4.69, 9.17) is 11.6 Å². The minimum atomic E-state index is -3.55. The smallest absolute Gasteiger partial charge is 0.243 e. The second-order valence-electron chi connectivity index (χ2n) is 5.86. The Morgan fingerprint density at radius 2 is 2.14 bits per heavy atom. The molecule has 6 heteroatoms. The van der Waals surface area contributed by atoms with Crippen molar-refractivity contribution in [3.05, 3.63) is 28.8 Å². The molecule has 0 aliphatic carbocycles. The van der Waals surface area contributed by atoms with Gasteiger partial charge in [-0.3, -0.25) is 0 Å². The van der Waals surface area contributed by atoms with E-state index in [1.165, 1.54) is 10.4 Å². The summed E-state index contributed by atoms with van der Waals surface area (Å²) in [4.78, 5) is 0.225. The summed E-state index contributed by atoms with van der Waals surface area (Å²) in [5.41, 5.74) is 0.535. The van der Waals surface area contributed by atoms with E-state index in [0.717, 1.165) is 24.8 Å². The number of halogens is 1. The lowest BCUT2D eigenvalue weighted by molar-refractivity contribution is 0.0609. The molecular weight excluding hydrogens is 310 g/mol. The first-order valence-electron chi connectivity index (χ1n) is 7.22. The molecule has 0 amide bonds. The second kappa shape index (κ2) is 6.24.